The van der Waals surface area contributed by atoms with E-state index >= 15 is 0 Å². The molecule has 1 heterocycles. The molecule has 0 spiro atoms. The van der Waals surface area contributed by atoms with E-state index in [2.05, 4.69) is 31.0 Å². The van der Waals surface area contributed by atoms with Crippen molar-refractivity contribution in [3.05, 3.63) is 40.5 Å². The Morgan fingerprint density at radius 2 is 1.95 bits per heavy atom. The van der Waals surface area contributed by atoms with Gasteiger partial charge >= 0.3 is 0 Å². The SMILES string of the molecule is C[C@H](NS(=O)(=O)c1c(Br)nnn1C)c1ccccc1. The van der Waals surface area contributed by atoms with Crippen molar-refractivity contribution < 1.29 is 8.42 Å². The third-order valence-electron chi connectivity index (χ3n) is 2.62. The number of hydrogen-bond donors (Lipinski definition) is 1. The van der Waals surface area contributed by atoms with Crippen molar-refractivity contribution in [1.29, 1.82) is 0 Å². The predicted molar refractivity (Wildman–Crippen MR) is 73.9 cm³/mol. The van der Waals surface area contributed by atoms with Crippen LogP contribution in [0.4, 0.5) is 0 Å². The van der Waals surface area contributed by atoms with E-state index in [1.165, 1.54) is 11.7 Å². The highest BCUT2D eigenvalue weighted by Gasteiger charge is 2.25. The van der Waals surface area contributed by atoms with Crippen LogP contribution in [0.3, 0.4) is 0 Å². The van der Waals surface area contributed by atoms with Gasteiger partial charge in [-0.15, -0.1) is 5.10 Å². The van der Waals surface area contributed by atoms with Crippen molar-refractivity contribution in [1.82, 2.24) is 19.7 Å². The van der Waals surface area contributed by atoms with Gasteiger partial charge in [0.25, 0.3) is 10.0 Å². The Bertz CT molecular complexity index is 650. The Morgan fingerprint density at radius 3 is 2.47 bits per heavy atom. The largest absolute Gasteiger partial charge is 0.261 e. The van der Waals surface area contributed by atoms with Gasteiger partial charge in [-0.3, -0.25) is 0 Å². The van der Waals surface area contributed by atoms with Crippen molar-refractivity contribution in [2.45, 2.75) is 18.0 Å². The number of sulfonamides is 1. The fraction of sp³-hybridized carbons (Fsp3) is 0.273. The van der Waals surface area contributed by atoms with Crippen LogP contribution < -0.4 is 4.72 Å². The Hall–Kier alpha value is -1.25. The van der Waals surface area contributed by atoms with Crippen molar-refractivity contribution in [3.8, 4) is 0 Å². The van der Waals surface area contributed by atoms with E-state index in [0.717, 1.165) is 5.56 Å². The quantitative estimate of drug-likeness (QED) is 0.914. The number of nitrogens with zero attached hydrogens (tertiary/aromatic N) is 3. The topological polar surface area (TPSA) is 76.9 Å². The van der Waals surface area contributed by atoms with Crippen LogP contribution in [-0.2, 0) is 17.1 Å². The molecule has 19 heavy (non-hydrogen) atoms. The zero-order chi connectivity index (χ0) is 14.0. The van der Waals surface area contributed by atoms with E-state index in [0.29, 0.717) is 0 Å². The average molecular weight is 345 g/mol. The second kappa shape index (κ2) is 5.40. The number of nitrogens with one attached hydrogen (secondary N) is 1. The van der Waals surface area contributed by atoms with Crippen molar-refractivity contribution in [2.75, 3.05) is 0 Å². The summed E-state index contributed by atoms with van der Waals surface area (Å²) < 4.78 is 28.6. The molecule has 0 saturated carbocycles. The Kier molecular flexibility index (Phi) is 4.02. The van der Waals surface area contributed by atoms with Gasteiger partial charge in [0.2, 0.25) is 5.03 Å². The number of halogens is 1. The van der Waals surface area contributed by atoms with Gasteiger partial charge in [0.15, 0.2) is 4.60 Å². The van der Waals surface area contributed by atoms with E-state index in [4.69, 9.17) is 0 Å². The molecule has 0 aliphatic rings. The minimum absolute atomic E-state index is 0.00952. The molecule has 0 unspecified atom stereocenters. The first-order valence-electron chi connectivity index (χ1n) is 5.54. The number of aromatic nitrogens is 3. The molecule has 0 fully saturated rings. The van der Waals surface area contributed by atoms with E-state index in [1.807, 2.05) is 30.3 Å². The maximum Gasteiger partial charge on any atom is 0.261 e. The zero-order valence-corrected chi connectivity index (χ0v) is 12.8. The maximum atomic E-state index is 12.3. The normalized spacial score (nSPS) is 13.4. The van der Waals surface area contributed by atoms with Crippen molar-refractivity contribution in [2.24, 2.45) is 7.05 Å². The van der Waals surface area contributed by atoms with Crippen LogP contribution in [-0.4, -0.2) is 23.4 Å². The standard InChI is InChI=1S/C11H13BrN4O2S/c1-8(9-6-4-3-5-7-9)14-19(17,18)11-10(12)13-15-16(11)2/h3-8,14H,1-2H3/t8-/m0/s1. The maximum absolute atomic E-state index is 12.3. The molecule has 102 valence electrons. The molecule has 1 aromatic heterocycles. The predicted octanol–water partition coefficient (Wildman–Crippen LogP) is 1.62. The number of hydrogen-bond acceptors (Lipinski definition) is 4. The molecule has 1 N–H and O–H groups in total. The number of benzene rings is 1. The van der Waals surface area contributed by atoms with Crippen LogP contribution in [0.2, 0.25) is 0 Å². The van der Waals surface area contributed by atoms with Crippen LogP contribution >= 0.6 is 15.9 Å². The summed E-state index contributed by atoms with van der Waals surface area (Å²) >= 11 is 3.09. The highest BCUT2D eigenvalue weighted by atomic mass is 79.9. The molecule has 0 radical (unpaired) electrons. The van der Waals surface area contributed by atoms with E-state index in [9.17, 15) is 8.42 Å². The smallest absolute Gasteiger partial charge is 0.235 e. The zero-order valence-electron chi connectivity index (χ0n) is 10.4. The summed E-state index contributed by atoms with van der Waals surface area (Å²) in [6.07, 6.45) is 0. The van der Waals surface area contributed by atoms with Gasteiger partial charge in [0.1, 0.15) is 0 Å². The Morgan fingerprint density at radius 1 is 1.32 bits per heavy atom. The lowest BCUT2D eigenvalue weighted by molar-refractivity contribution is 0.548. The van der Waals surface area contributed by atoms with E-state index in [-0.39, 0.29) is 15.7 Å². The highest BCUT2D eigenvalue weighted by molar-refractivity contribution is 9.10. The van der Waals surface area contributed by atoms with Gasteiger partial charge in [-0.05, 0) is 28.4 Å². The molecule has 0 bridgehead atoms. The van der Waals surface area contributed by atoms with Crippen molar-refractivity contribution in [3.63, 3.8) is 0 Å². The van der Waals surface area contributed by atoms with Gasteiger partial charge in [-0.25, -0.2) is 17.8 Å². The molecule has 8 heteroatoms. The van der Waals surface area contributed by atoms with Crippen molar-refractivity contribution >= 4 is 26.0 Å². The summed E-state index contributed by atoms with van der Waals surface area (Å²) in [6, 6.07) is 9.00. The second-order valence-electron chi connectivity index (χ2n) is 4.06. The van der Waals surface area contributed by atoms with Gasteiger partial charge in [0.05, 0.1) is 0 Å². The molecule has 6 nitrogen and oxygen atoms in total. The molecule has 1 atom stereocenters. The summed E-state index contributed by atoms with van der Waals surface area (Å²) in [5.41, 5.74) is 0.886. The molecule has 2 rings (SSSR count). The van der Waals surface area contributed by atoms with Crippen LogP contribution in [0, 0.1) is 0 Å². The van der Waals surface area contributed by atoms with Gasteiger partial charge in [-0.1, -0.05) is 35.5 Å². The van der Waals surface area contributed by atoms with Crippen LogP contribution in [0.25, 0.3) is 0 Å². The minimum Gasteiger partial charge on any atom is -0.235 e. The summed E-state index contributed by atoms with van der Waals surface area (Å²) in [4.78, 5) is 0. The Balaban J connectivity index is 2.28. The van der Waals surface area contributed by atoms with Gasteiger partial charge < -0.3 is 0 Å². The summed E-state index contributed by atoms with van der Waals surface area (Å²) in [5, 5.41) is 7.35. The monoisotopic (exact) mass is 344 g/mol. The fourth-order valence-corrected chi connectivity index (χ4v) is 4.03. The molecule has 0 aliphatic carbocycles. The first-order valence-corrected chi connectivity index (χ1v) is 7.82. The Labute approximate surface area is 120 Å². The molecular formula is C11H13BrN4O2S. The average Bonchev–Trinajstić information content (AvgIpc) is 2.70. The second-order valence-corrected chi connectivity index (χ2v) is 6.44. The fourth-order valence-electron chi connectivity index (χ4n) is 1.71. The van der Waals surface area contributed by atoms with Gasteiger partial charge in [0, 0.05) is 13.1 Å². The molecule has 0 saturated heterocycles. The minimum atomic E-state index is -3.68. The third-order valence-corrected chi connectivity index (χ3v) is 5.05. The third kappa shape index (κ3) is 3.02. The summed E-state index contributed by atoms with van der Waals surface area (Å²) in [5.74, 6) is 0. The molecule has 1 aromatic carbocycles. The molecule has 0 amide bonds. The summed E-state index contributed by atoms with van der Waals surface area (Å²) in [7, 11) is -2.16. The van der Waals surface area contributed by atoms with Crippen LogP contribution in [0.15, 0.2) is 40.0 Å². The lowest BCUT2D eigenvalue weighted by atomic mass is 10.1. The molecular weight excluding hydrogens is 332 g/mol. The first kappa shape index (κ1) is 14.2. The van der Waals surface area contributed by atoms with Crippen LogP contribution in [0.5, 0.6) is 0 Å². The van der Waals surface area contributed by atoms with E-state index < -0.39 is 10.0 Å². The van der Waals surface area contributed by atoms with E-state index in [1.54, 1.807) is 6.92 Å². The van der Waals surface area contributed by atoms with Crippen LogP contribution in [0.1, 0.15) is 18.5 Å². The first-order chi connectivity index (χ1) is 8.92. The van der Waals surface area contributed by atoms with Gasteiger partial charge in [-0.2, -0.15) is 0 Å². The lowest BCUT2D eigenvalue weighted by Gasteiger charge is -2.14. The highest BCUT2D eigenvalue weighted by Crippen LogP contribution is 2.21. The molecule has 2 aromatic rings. The summed E-state index contributed by atoms with van der Waals surface area (Å²) in [6.45, 7) is 1.78. The number of rotatable bonds is 4. The molecule has 0 aliphatic heterocycles. The number of aryl methyl sites for hydroxylation is 1. The lowest BCUT2D eigenvalue weighted by Crippen LogP contribution is -2.28.